The number of pyridine rings is 1. The van der Waals surface area contributed by atoms with Crippen LogP contribution < -0.4 is 10.6 Å². The number of hydrogen-bond donors (Lipinski definition) is 2. The molecule has 8 heteroatoms. The average molecular weight is 348 g/mol. The van der Waals surface area contributed by atoms with Gasteiger partial charge in [0, 0.05) is 24.8 Å². The van der Waals surface area contributed by atoms with E-state index < -0.39 is 0 Å². The van der Waals surface area contributed by atoms with Gasteiger partial charge < -0.3 is 10.6 Å². The van der Waals surface area contributed by atoms with Gasteiger partial charge in [-0.2, -0.15) is 5.10 Å². The first kappa shape index (κ1) is 20.6. The van der Waals surface area contributed by atoms with Gasteiger partial charge in [0.25, 0.3) is 5.91 Å². The Balaban J connectivity index is 0.00000220. The molecule has 1 amide bonds. The number of amides is 1. The summed E-state index contributed by atoms with van der Waals surface area (Å²) >= 11 is 0. The van der Waals surface area contributed by atoms with Gasteiger partial charge >= 0.3 is 0 Å². The van der Waals surface area contributed by atoms with Gasteiger partial charge in [-0.3, -0.25) is 4.79 Å². The van der Waals surface area contributed by atoms with Crippen LogP contribution in [-0.2, 0) is 0 Å². The van der Waals surface area contributed by atoms with Crippen molar-refractivity contribution in [1.29, 1.82) is 0 Å². The highest BCUT2D eigenvalue weighted by Crippen LogP contribution is 2.20. The quantitative estimate of drug-likeness (QED) is 0.812. The Labute approximate surface area is 142 Å². The van der Waals surface area contributed by atoms with E-state index in [-0.39, 0.29) is 36.8 Å². The molecule has 0 aliphatic carbocycles. The van der Waals surface area contributed by atoms with E-state index in [2.05, 4.69) is 20.7 Å². The van der Waals surface area contributed by atoms with E-state index in [1.54, 1.807) is 6.20 Å². The highest BCUT2D eigenvalue weighted by atomic mass is 35.5. The predicted molar refractivity (Wildman–Crippen MR) is 93.4 cm³/mol. The summed E-state index contributed by atoms with van der Waals surface area (Å²) in [6.07, 6.45) is 1.72. The first-order valence-electron chi connectivity index (χ1n) is 6.82. The number of carbonyl (C=O) groups excluding carboxylic acids is 1. The number of aryl methyl sites for hydroxylation is 1. The summed E-state index contributed by atoms with van der Waals surface area (Å²) in [4.78, 5) is 16.8. The van der Waals surface area contributed by atoms with Crippen LogP contribution in [0.4, 0.5) is 0 Å². The van der Waals surface area contributed by atoms with Crippen LogP contribution in [0.1, 0.15) is 35.9 Å². The summed E-state index contributed by atoms with van der Waals surface area (Å²) in [6, 6.07) is 2.02. The summed E-state index contributed by atoms with van der Waals surface area (Å²) in [6.45, 7) is 7.31. The van der Waals surface area contributed by atoms with Crippen LogP contribution in [0.15, 0.2) is 12.3 Å². The lowest BCUT2D eigenvalue weighted by molar-refractivity contribution is 0.0955. The molecule has 0 aromatic carbocycles. The number of likely N-dealkylation sites (N-methyl/N-ethyl adjacent to an activating group) is 1. The van der Waals surface area contributed by atoms with E-state index in [1.165, 1.54) is 0 Å². The number of hydrogen-bond acceptors (Lipinski definition) is 4. The third kappa shape index (κ3) is 4.32. The molecule has 0 aliphatic rings. The van der Waals surface area contributed by atoms with Crippen LogP contribution in [0.2, 0.25) is 0 Å². The Hall–Kier alpha value is -1.37. The highest BCUT2D eigenvalue weighted by molar-refractivity contribution is 6.05. The van der Waals surface area contributed by atoms with Crippen LogP contribution in [0, 0.1) is 6.92 Å². The maximum absolute atomic E-state index is 12.3. The average Bonchev–Trinajstić information content (AvgIpc) is 2.81. The van der Waals surface area contributed by atoms with E-state index in [4.69, 9.17) is 0 Å². The maximum atomic E-state index is 12.3. The Morgan fingerprint density at radius 3 is 2.59 bits per heavy atom. The van der Waals surface area contributed by atoms with E-state index >= 15 is 0 Å². The van der Waals surface area contributed by atoms with Crippen molar-refractivity contribution >= 4 is 41.8 Å². The Kier molecular flexibility index (Phi) is 8.37. The molecule has 2 rings (SSSR count). The van der Waals surface area contributed by atoms with Crippen molar-refractivity contribution in [1.82, 2.24) is 25.4 Å². The maximum Gasteiger partial charge on any atom is 0.252 e. The Bertz CT molecular complexity index is 627. The predicted octanol–water partition coefficient (Wildman–Crippen LogP) is 2.11. The van der Waals surface area contributed by atoms with Gasteiger partial charge in [-0.15, -0.1) is 24.8 Å². The topological polar surface area (TPSA) is 71.8 Å². The number of aromatic nitrogens is 3. The smallest absolute Gasteiger partial charge is 0.252 e. The zero-order chi connectivity index (χ0) is 14.7. The lowest BCUT2D eigenvalue weighted by atomic mass is 10.1. The van der Waals surface area contributed by atoms with E-state index in [9.17, 15) is 4.79 Å². The molecule has 2 heterocycles. The van der Waals surface area contributed by atoms with Crippen molar-refractivity contribution in [2.75, 3.05) is 20.1 Å². The molecule has 0 fully saturated rings. The van der Waals surface area contributed by atoms with E-state index in [1.807, 2.05) is 38.6 Å². The molecule has 124 valence electrons. The van der Waals surface area contributed by atoms with Crippen LogP contribution in [-0.4, -0.2) is 40.8 Å². The monoisotopic (exact) mass is 347 g/mol. The van der Waals surface area contributed by atoms with Crippen molar-refractivity contribution in [3.63, 3.8) is 0 Å². The van der Waals surface area contributed by atoms with Crippen LogP contribution in [0.5, 0.6) is 0 Å². The number of fused-ring (bicyclic) bond motifs is 1. The van der Waals surface area contributed by atoms with Gasteiger partial charge in [-0.25, -0.2) is 9.67 Å². The van der Waals surface area contributed by atoms with Gasteiger partial charge in [-0.1, -0.05) is 0 Å². The zero-order valence-electron chi connectivity index (χ0n) is 13.2. The minimum absolute atomic E-state index is 0. The van der Waals surface area contributed by atoms with Crippen molar-refractivity contribution in [3.05, 3.63) is 23.5 Å². The van der Waals surface area contributed by atoms with Gasteiger partial charge in [0.2, 0.25) is 0 Å². The largest absolute Gasteiger partial charge is 0.351 e. The number of carbonyl (C=O) groups is 1. The lowest BCUT2D eigenvalue weighted by Gasteiger charge is -2.09. The summed E-state index contributed by atoms with van der Waals surface area (Å²) in [5.74, 6) is -0.0842. The lowest BCUT2D eigenvalue weighted by Crippen LogP contribution is -2.30. The molecule has 2 aromatic heterocycles. The zero-order valence-corrected chi connectivity index (χ0v) is 14.8. The molecule has 0 saturated heterocycles. The molecule has 2 N–H and O–H groups in total. The molecule has 0 radical (unpaired) electrons. The summed E-state index contributed by atoms with van der Waals surface area (Å²) in [5, 5.41) is 11.0. The first-order valence-corrected chi connectivity index (χ1v) is 6.82. The molecule has 0 bridgehead atoms. The molecule has 0 spiro atoms. The molecule has 2 aromatic rings. The summed E-state index contributed by atoms with van der Waals surface area (Å²) < 4.78 is 1.84. The third-order valence-corrected chi connectivity index (χ3v) is 3.09. The fourth-order valence-electron chi connectivity index (χ4n) is 2.11. The van der Waals surface area contributed by atoms with Gasteiger partial charge in [0.1, 0.15) is 0 Å². The molecular weight excluding hydrogens is 325 g/mol. The second-order valence-electron chi connectivity index (χ2n) is 5.09. The molecule has 0 unspecified atom stereocenters. The third-order valence-electron chi connectivity index (χ3n) is 3.09. The summed E-state index contributed by atoms with van der Waals surface area (Å²) in [7, 11) is 1.85. The number of nitrogens with zero attached hydrogens (tertiary/aromatic N) is 3. The SMILES string of the molecule is CNCCNC(=O)c1cc(C)nc2c1cnn2C(C)C.Cl.Cl. The summed E-state index contributed by atoms with van der Waals surface area (Å²) in [5.41, 5.74) is 2.22. The fraction of sp³-hybridized carbons (Fsp3) is 0.500. The minimum atomic E-state index is -0.0842. The normalized spacial score (nSPS) is 10.2. The van der Waals surface area contributed by atoms with Crippen LogP contribution >= 0.6 is 24.8 Å². The molecule has 22 heavy (non-hydrogen) atoms. The number of rotatable bonds is 5. The van der Waals surface area contributed by atoms with Crippen molar-refractivity contribution in [2.45, 2.75) is 26.8 Å². The fourth-order valence-corrected chi connectivity index (χ4v) is 2.11. The van der Waals surface area contributed by atoms with E-state index in [0.29, 0.717) is 12.1 Å². The minimum Gasteiger partial charge on any atom is -0.351 e. The molecular formula is C14H23Cl2N5O. The van der Waals surface area contributed by atoms with Crippen molar-refractivity contribution in [2.24, 2.45) is 0 Å². The second-order valence-corrected chi connectivity index (χ2v) is 5.09. The molecule has 0 atom stereocenters. The molecule has 6 nitrogen and oxygen atoms in total. The number of halogens is 2. The Morgan fingerprint density at radius 2 is 2.00 bits per heavy atom. The van der Waals surface area contributed by atoms with E-state index in [0.717, 1.165) is 23.3 Å². The molecule has 0 saturated carbocycles. The second kappa shape index (κ2) is 8.92. The van der Waals surface area contributed by atoms with Gasteiger partial charge in [-0.05, 0) is 33.9 Å². The van der Waals surface area contributed by atoms with Crippen molar-refractivity contribution in [3.8, 4) is 0 Å². The number of nitrogens with one attached hydrogen (secondary N) is 2. The van der Waals surface area contributed by atoms with Gasteiger partial charge in [0.15, 0.2) is 5.65 Å². The van der Waals surface area contributed by atoms with Crippen LogP contribution in [0.3, 0.4) is 0 Å². The van der Waals surface area contributed by atoms with Gasteiger partial charge in [0.05, 0.1) is 17.1 Å². The van der Waals surface area contributed by atoms with Crippen LogP contribution in [0.25, 0.3) is 11.0 Å². The standard InChI is InChI=1S/C14H21N5O.2ClH/c1-9(2)19-13-12(8-17-19)11(7-10(3)18-13)14(20)16-6-5-15-4;;/h7-9,15H,5-6H2,1-4H3,(H,16,20);2*1H. The first-order chi connectivity index (χ1) is 9.54. The molecule has 0 aliphatic heterocycles. The Morgan fingerprint density at radius 1 is 1.32 bits per heavy atom. The van der Waals surface area contributed by atoms with Crippen molar-refractivity contribution < 1.29 is 4.79 Å². The highest BCUT2D eigenvalue weighted by Gasteiger charge is 2.16.